The number of hydrogen-bond donors (Lipinski definition) is 0. The van der Waals surface area contributed by atoms with Crippen LogP contribution in [0.25, 0.3) is 0 Å². The molecule has 0 bridgehead atoms. The Bertz CT molecular complexity index is 510. The Morgan fingerprint density at radius 1 is 0.471 bits per heavy atom. The molecule has 0 amide bonds. The monoisotopic (exact) mass is 478 g/mol. The van der Waals surface area contributed by atoms with E-state index in [1.165, 1.54) is 103 Å². The SMILES string of the molecule is CCCCCCCCCC/C=C/CCOC(=O)/C=C/C(=O)OCCCCCCCCCCCC. The predicted molar refractivity (Wildman–Crippen MR) is 144 cm³/mol. The zero-order valence-electron chi connectivity index (χ0n) is 22.5. The van der Waals surface area contributed by atoms with E-state index in [0.29, 0.717) is 19.6 Å². The molecule has 34 heavy (non-hydrogen) atoms. The van der Waals surface area contributed by atoms with Crippen LogP contribution in [0.1, 0.15) is 142 Å². The van der Waals surface area contributed by atoms with E-state index in [9.17, 15) is 9.59 Å². The van der Waals surface area contributed by atoms with Gasteiger partial charge in [0.25, 0.3) is 0 Å². The summed E-state index contributed by atoms with van der Waals surface area (Å²) >= 11 is 0. The molecule has 0 N–H and O–H groups in total. The molecule has 198 valence electrons. The molecule has 0 atom stereocenters. The Kier molecular flexibility index (Phi) is 26.4. The number of ether oxygens (including phenoxy) is 2. The minimum atomic E-state index is -0.493. The van der Waals surface area contributed by atoms with Gasteiger partial charge in [0.1, 0.15) is 0 Å². The highest BCUT2D eigenvalue weighted by atomic mass is 16.5. The molecule has 0 aromatic heterocycles. The third-order valence-corrected chi connectivity index (χ3v) is 6.02. The summed E-state index contributed by atoms with van der Waals surface area (Å²) in [6.45, 7) is 5.25. The molecule has 0 aliphatic carbocycles. The highest BCUT2D eigenvalue weighted by Crippen LogP contribution is 2.11. The maximum absolute atomic E-state index is 11.7. The molecule has 0 fully saturated rings. The summed E-state index contributed by atoms with van der Waals surface area (Å²) in [6, 6.07) is 0. The second-order valence-corrected chi connectivity index (χ2v) is 9.37. The lowest BCUT2D eigenvalue weighted by Gasteiger charge is -2.03. The Labute approximate surface area is 210 Å². The van der Waals surface area contributed by atoms with Crippen LogP contribution in [0.4, 0.5) is 0 Å². The van der Waals surface area contributed by atoms with E-state index in [2.05, 4.69) is 26.0 Å². The summed E-state index contributed by atoms with van der Waals surface area (Å²) in [5.41, 5.74) is 0. The van der Waals surface area contributed by atoms with Crippen LogP contribution in [-0.2, 0) is 19.1 Å². The molecule has 0 saturated heterocycles. The summed E-state index contributed by atoms with van der Waals surface area (Å²) in [4.78, 5) is 23.3. The maximum Gasteiger partial charge on any atom is 0.331 e. The van der Waals surface area contributed by atoms with Gasteiger partial charge in [-0.25, -0.2) is 9.59 Å². The molecular weight excluding hydrogens is 424 g/mol. The zero-order chi connectivity index (χ0) is 25.0. The molecular formula is C30H54O4. The topological polar surface area (TPSA) is 52.6 Å². The van der Waals surface area contributed by atoms with Crippen molar-refractivity contribution in [1.29, 1.82) is 0 Å². The molecule has 0 saturated carbocycles. The van der Waals surface area contributed by atoms with Gasteiger partial charge in [0.05, 0.1) is 13.2 Å². The van der Waals surface area contributed by atoms with Crippen molar-refractivity contribution >= 4 is 11.9 Å². The number of allylic oxidation sites excluding steroid dienone is 1. The van der Waals surface area contributed by atoms with Gasteiger partial charge in [-0.1, -0.05) is 129 Å². The van der Waals surface area contributed by atoms with Crippen molar-refractivity contribution in [2.45, 2.75) is 142 Å². The van der Waals surface area contributed by atoms with Crippen molar-refractivity contribution in [1.82, 2.24) is 0 Å². The van der Waals surface area contributed by atoms with E-state index in [1.54, 1.807) is 0 Å². The van der Waals surface area contributed by atoms with Crippen molar-refractivity contribution < 1.29 is 19.1 Å². The number of esters is 2. The highest BCUT2D eigenvalue weighted by molar-refractivity contribution is 5.91. The molecule has 0 radical (unpaired) electrons. The van der Waals surface area contributed by atoms with Crippen molar-refractivity contribution in [2.75, 3.05) is 13.2 Å². The second kappa shape index (κ2) is 27.7. The first kappa shape index (κ1) is 32.4. The van der Waals surface area contributed by atoms with E-state index in [1.807, 2.05) is 0 Å². The molecule has 0 spiro atoms. The zero-order valence-corrected chi connectivity index (χ0v) is 22.5. The third-order valence-electron chi connectivity index (χ3n) is 6.02. The molecule has 0 aromatic rings. The Hall–Kier alpha value is -1.58. The standard InChI is InChI=1S/C30H54O4/c1-3-5-7-9-11-13-15-16-18-20-22-24-28-34-30(32)26-25-29(31)33-27-23-21-19-17-14-12-10-8-6-4-2/h20,22,25-26H,3-19,21,23-24,27-28H2,1-2H3/b22-20+,26-25+. The summed E-state index contributed by atoms with van der Waals surface area (Å²) in [7, 11) is 0. The first-order valence-electron chi connectivity index (χ1n) is 14.4. The fraction of sp³-hybridized carbons (Fsp3) is 0.800. The van der Waals surface area contributed by atoms with Crippen LogP contribution < -0.4 is 0 Å². The molecule has 0 aliphatic heterocycles. The lowest BCUT2D eigenvalue weighted by molar-refractivity contribution is -0.140. The number of carbonyl (C=O) groups is 2. The van der Waals surface area contributed by atoms with Gasteiger partial charge in [0.2, 0.25) is 0 Å². The van der Waals surface area contributed by atoms with E-state index in [-0.39, 0.29) is 0 Å². The van der Waals surface area contributed by atoms with Gasteiger partial charge in [-0.15, -0.1) is 0 Å². The number of carbonyl (C=O) groups excluding carboxylic acids is 2. The van der Waals surface area contributed by atoms with Crippen LogP contribution in [-0.4, -0.2) is 25.2 Å². The largest absolute Gasteiger partial charge is 0.463 e. The van der Waals surface area contributed by atoms with Crippen LogP contribution in [0.5, 0.6) is 0 Å². The van der Waals surface area contributed by atoms with Crippen molar-refractivity contribution in [3.05, 3.63) is 24.3 Å². The molecule has 0 aromatic carbocycles. The van der Waals surface area contributed by atoms with Gasteiger partial charge in [-0.2, -0.15) is 0 Å². The van der Waals surface area contributed by atoms with Gasteiger partial charge in [0, 0.05) is 12.2 Å². The maximum atomic E-state index is 11.7. The predicted octanol–water partition coefficient (Wildman–Crippen LogP) is 9.03. The van der Waals surface area contributed by atoms with E-state index < -0.39 is 11.9 Å². The first-order chi connectivity index (χ1) is 16.7. The average Bonchev–Trinajstić information content (AvgIpc) is 2.84. The fourth-order valence-electron chi connectivity index (χ4n) is 3.85. The summed E-state index contributed by atoms with van der Waals surface area (Å²) in [5, 5.41) is 0. The number of unbranched alkanes of at least 4 members (excludes halogenated alkanes) is 17. The molecule has 0 heterocycles. The van der Waals surface area contributed by atoms with E-state index in [4.69, 9.17) is 9.47 Å². The van der Waals surface area contributed by atoms with Crippen LogP contribution >= 0.6 is 0 Å². The van der Waals surface area contributed by atoms with E-state index in [0.717, 1.165) is 31.4 Å². The van der Waals surface area contributed by atoms with Crippen LogP contribution in [0.3, 0.4) is 0 Å². The molecule has 4 heteroatoms. The summed E-state index contributed by atoms with van der Waals surface area (Å²) in [5.74, 6) is -0.967. The highest BCUT2D eigenvalue weighted by Gasteiger charge is 2.01. The second-order valence-electron chi connectivity index (χ2n) is 9.37. The third kappa shape index (κ3) is 26.7. The molecule has 4 nitrogen and oxygen atoms in total. The lowest BCUT2D eigenvalue weighted by Crippen LogP contribution is -2.06. The minimum Gasteiger partial charge on any atom is -0.463 e. The first-order valence-corrected chi connectivity index (χ1v) is 14.4. The van der Waals surface area contributed by atoms with Gasteiger partial charge >= 0.3 is 11.9 Å². The van der Waals surface area contributed by atoms with Crippen LogP contribution in [0, 0.1) is 0 Å². The molecule has 0 rings (SSSR count). The molecule has 0 unspecified atom stereocenters. The normalized spacial score (nSPS) is 11.5. The fourth-order valence-corrected chi connectivity index (χ4v) is 3.85. The number of hydrogen-bond acceptors (Lipinski definition) is 4. The number of rotatable bonds is 25. The lowest BCUT2D eigenvalue weighted by atomic mass is 10.1. The van der Waals surface area contributed by atoms with Gasteiger partial charge in [-0.05, 0) is 25.7 Å². The summed E-state index contributed by atoms with van der Waals surface area (Å²) < 4.78 is 10.3. The minimum absolute atomic E-state index is 0.338. The van der Waals surface area contributed by atoms with Crippen molar-refractivity contribution in [2.24, 2.45) is 0 Å². The smallest absolute Gasteiger partial charge is 0.331 e. The van der Waals surface area contributed by atoms with Gasteiger partial charge in [0.15, 0.2) is 0 Å². The van der Waals surface area contributed by atoms with Gasteiger partial charge in [-0.3, -0.25) is 0 Å². The quantitative estimate of drug-likeness (QED) is 0.0568. The average molecular weight is 479 g/mol. The van der Waals surface area contributed by atoms with Gasteiger partial charge < -0.3 is 9.47 Å². The van der Waals surface area contributed by atoms with E-state index >= 15 is 0 Å². The Balaban J connectivity index is 3.45. The van der Waals surface area contributed by atoms with Crippen LogP contribution in [0.15, 0.2) is 24.3 Å². The summed E-state index contributed by atoms with van der Waals surface area (Å²) in [6.07, 6.45) is 31.5. The molecule has 0 aliphatic rings. The Morgan fingerprint density at radius 2 is 0.853 bits per heavy atom. The Morgan fingerprint density at radius 3 is 1.35 bits per heavy atom. The van der Waals surface area contributed by atoms with Crippen molar-refractivity contribution in [3.63, 3.8) is 0 Å². The van der Waals surface area contributed by atoms with Crippen LogP contribution in [0.2, 0.25) is 0 Å². The van der Waals surface area contributed by atoms with Crippen molar-refractivity contribution in [3.8, 4) is 0 Å².